The first kappa shape index (κ1) is 10.3. The minimum Gasteiger partial charge on any atom is -0.466 e. The Balaban J connectivity index is 2.14. The fourth-order valence-corrected chi connectivity index (χ4v) is 2.35. The van der Waals surface area contributed by atoms with E-state index < -0.39 is 0 Å². The van der Waals surface area contributed by atoms with E-state index in [-0.39, 0.29) is 6.04 Å². The summed E-state index contributed by atoms with van der Waals surface area (Å²) in [6.07, 6.45) is 0. The molecule has 0 bridgehead atoms. The van der Waals surface area contributed by atoms with Crippen LogP contribution in [0.25, 0.3) is 0 Å². The third-order valence-electron chi connectivity index (χ3n) is 2.45. The molecule has 0 radical (unpaired) electrons. The molecule has 2 rings (SSSR count). The third kappa shape index (κ3) is 2.23. The maximum Gasteiger partial charge on any atom is 0.106 e. The molecule has 2 heterocycles. The molecule has 80 valence electrons. The van der Waals surface area contributed by atoms with E-state index in [0.717, 1.165) is 11.5 Å². The quantitative estimate of drug-likeness (QED) is 0.843. The van der Waals surface area contributed by atoms with Crippen molar-refractivity contribution in [3.05, 3.63) is 40.0 Å². The first-order chi connectivity index (χ1) is 7.16. The van der Waals surface area contributed by atoms with Crippen LogP contribution in [-0.4, -0.2) is 0 Å². The maximum atomic E-state index is 5.52. The number of hydrogen-bond donors (Lipinski definition) is 1. The van der Waals surface area contributed by atoms with Crippen LogP contribution in [0.3, 0.4) is 0 Å². The molecule has 1 N–H and O–H groups in total. The molecule has 2 aromatic rings. The van der Waals surface area contributed by atoms with E-state index in [1.54, 1.807) is 11.3 Å². The number of hydrogen-bond acceptors (Lipinski definition) is 3. The van der Waals surface area contributed by atoms with Gasteiger partial charge in [0.15, 0.2) is 0 Å². The number of anilines is 1. The van der Waals surface area contributed by atoms with Crippen LogP contribution in [0.5, 0.6) is 0 Å². The van der Waals surface area contributed by atoms with E-state index in [1.807, 2.05) is 13.8 Å². The molecule has 0 aliphatic rings. The molecule has 0 saturated heterocycles. The lowest BCUT2D eigenvalue weighted by atomic mass is 10.1. The topological polar surface area (TPSA) is 25.2 Å². The molecule has 15 heavy (non-hydrogen) atoms. The van der Waals surface area contributed by atoms with Gasteiger partial charge in [0.25, 0.3) is 0 Å². The average Bonchev–Trinajstić information content (AvgIpc) is 2.75. The van der Waals surface area contributed by atoms with Crippen LogP contribution >= 0.6 is 11.3 Å². The molecule has 1 unspecified atom stereocenters. The van der Waals surface area contributed by atoms with Crippen molar-refractivity contribution in [3.8, 4) is 0 Å². The normalized spacial score (nSPS) is 12.7. The molecule has 0 amide bonds. The summed E-state index contributed by atoms with van der Waals surface area (Å²) in [6.45, 7) is 6.14. The maximum absolute atomic E-state index is 5.52. The highest BCUT2D eigenvalue weighted by molar-refractivity contribution is 7.08. The van der Waals surface area contributed by atoms with Crippen molar-refractivity contribution in [2.75, 3.05) is 5.32 Å². The highest BCUT2D eigenvalue weighted by atomic mass is 32.1. The number of nitrogens with one attached hydrogen (secondary N) is 1. The smallest absolute Gasteiger partial charge is 0.106 e. The van der Waals surface area contributed by atoms with E-state index in [1.165, 1.54) is 11.3 Å². The fourth-order valence-electron chi connectivity index (χ4n) is 1.75. The van der Waals surface area contributed by atoms with Crippen molar-refractivity contribution in [1.82, 2.24) is 0 Å². The third-order valence-corrected chi connectivity index (χ3v) is 3.13. The van der Waals surface area contributed by atoms with Crippen LogP contribution < -0.4 is 5.32 Å². The summed E-state index contributed by atoms with van der Waals surface area (Å²) in [5.41, 5.74) is 2.41. The monoisotopic (exact) mass is 221 g/mol. The fraction of sp³-hybridized carbons (Fsp3) is 0.333. The van der Waals surface area contributed by atoms with Gasteiger partial charge in [-0.3, -0.25) is 0 Å². The molecule has 2 nitrogen and oxygen atoms in total. The van der Waals surface area contributed by atoms with Crippen LogP contribution in [0.2, 0.25) is 0 Å². The molecular weight excluding hydrogens is 206 g/mol. The van der Waals surface area contributed by atoms with Crippen molar-refractivity contribution < 1.29 is 4.42 Å². The lowest BCUT2D eigenvalue weighted by Gasteiger charge is -2.12. The summed E-state index contributed by atoms with van der Waals surface area (Å²) in [5, 5.41) is 7.62. The van der Waals surface area contributed by atoms with E-state index in [2.05, 4.69) is 35.1 Å². The molecule has 0 aliphatic heterocycles. The van der Waals surface area contributed by atoms with Gasteiger partial charge in [0.05, 0.1) is 6.04 Å². The molecule has 1 atom stereocenters. The Hall–Kier alpha value is -1.22. The van der Waals surface area contributed by atoms with E-state index in [9.17, 15) is 0 Å². The second-order valence-corrected chi connectivity index (χ2v) is 4.53. The lowest BCUT2D eigenvalue weighted by Crippen LogP contribution is -2.05. The molecule has 3 heteroatoms. The van der Waals surface area contributed by atoms with Gasteiger partial charge < -0.3 is 9.73 Å². The predicted octanol–water partition coefficient (Wildman–Crippen LogP) is 4.13. The Labute approximate surface area is 93.9 Å². The predicted molar refractivity (Wildman–Crippen MR) is 64.5 cm³/mol. The summed E-state index contributed by atoms with van der Waals surface area (Å²) in [4.78, 5) is 0. The van der Waals surface area contributed by atoms with Crippen molar-refractivity contribution >= 4 is 17.0 Å². The number of furan rings is 1. The SMILES string of the molecule is Cc1cc(C(C)Nc2ccsc2)c(C)o1. The van der Waals surface area contributed by atoms with Crippen LogP contribution in [0.15, 0.2) is 27.3 Å². The first-order valence-electron chi connectivity index (χ1n) is 5.02. The van der Waals surface area contributed by atoms with Gasteiger partial charge in [-0.15, -0.1) is 0 Å². The highest BCUT2D eigenvalue weighted by Crippen LogP contribution is 2.25. The average molecular weight is 221 g/mol. The summed E-state index contributed by atoms with van der Waals surface area (Å²) in [7, 11) is 0. The number of aryl methyl sites for hydroxylation is 2. The van der Waals surface area contributed by atoms with Crippen molar-refractivity contribution in [2.45, 2.75) is 26.8 Å². The molecular formula is C12H15NOS. The van der Waals surface area contributed by atoms with Gasteiger partial charge in [0.1, 0.15) is 11.5 Å². The number of thiophene rings is 1. The second-order valence-electron chi connectivity index (χ2n) is 3.75. The van der Waals surface area contributed by atoms with Crippen molar-refractivity contribution in [1.29, 1.82) is 0 Å². The van der Waals surface area contributed by atoms with Crippen LogP contribution in [0, 0.1) is 13.8 Å². The Morgan fingerprint density at radius 3 is 2.73 bits per heavy atom. The minimum absolute atomic E-state index is 0.289. The second kappa shape index (κ2) is 4.11. The largest absolute Gasteiger partial charge is 0.466 e. The van der Waals surface area contributed by atoms with Crippen LogP contribution in [-0.2, 0) is 0 Å². The Morgan fingerprint density at radius 2 is 2.20 bits per heavy atom. The summed E-state index contributed by atoms with van der Waals surface area (Å²) >= 11 is 1.70. The zero-order valence-electron chi connectivity index (χ0n) is 9.20. The van der Waals surface area contributed by atoms with Gasteiger partial charge in [-0.2, -0.15) is 11.3 Å². The van der Waals surface area contributed by atoms with E-state index in [0.29, 0.717) is 0 Å². The highest BCUT2D eigenvalue weighted by Gasteiger charge is 2.12. The van der Waals surface area contributed by atoms with Gasteiger partial charge in [-0.25, -0.2) is 0 Å². The lowest BCUT2D eigenvalue weighted by molar-refractivity contribution is 0.500. The molecule has 0 aromatic carbocycles. The van der Waals surface area contributed by atoms with Gasteiger partial charge >= 0.3 is 0 Å². The Morgan fingerprint density at radius 1 is 1.40 bits per heavy atom. The minimum atomic E-state index is 0.289. The summed E-state index contributed by atoms with van der Waals surface area (Å²) in [6, 6.07) is 4.47. The van der Waals surface area contributed by atoms with Crippen LogP contribution in [0.1, 0.15) is 30.0 Å². The van der Waals surface area contributed by atoms with Gasteiger partial charge in [-0.05, 0) is 38.3 Å². The Kier molecular flexibility index (Phi) is 2.82. The number of rotatable bonds is 3. The summed E-state index contributed by atoms with van der Waals surface area (Å²) < 4.78 is 5.52. The molecule has 0 fully saturated rings. The standard InChI is InChI=1S/C12H15NOS/c1-8-6-12(10(3)14-8)9(2)13-11-4-5-15-7-11/h4-7,9,13H,1-3H3. The van der Waals surface area contributed by atoms with E-state index in [4.69, 9.17) is 4.42 Å². The Bertz CT molecular complexity index is 430. The van der Waals surface area contributed by atoms with Crippen LogP contribution in [0.4, 0.5) is 5.69 Å². The zero-order chi connectivity index (χ0) is 10.8. The molecule has 2 aromatic heterocycles. The van der Waals surface area contributed by atoms with Crippen molar-refractivity contribution in [2.24, 2.45) is 0 Å². The molecule has 0 aliphatic carbocycles. The molecule has 0 saturated carbocycles. The van der Waals surface area contributed by atoms with E-state index >= 15 is 0 Å². The first-order valence-corrected chi connectivity index (χ1v) is 5.97. The summed E-state index contributed by atoms with van der Waals surface area (Å²) in [5.74, 6) is 1.98. The van der Waals surface area contributed by atoms with Gasteiger partial charge in [-0.1, -0.05) is 0 Å². The zero-order valence-corrected chi connectivity index (χ0v) is 10.0. The van der Waals surface area contributed by atoms with Gasteiger partial charge in [0, 0.05) is 16.6 Å². The van der Waals surface area contributed by atoms with Crippen molar-refractivity contribution in [3.63, 3.8) is 0 Å². The molecule has 0 spiro atoms. The van der Waals surface area contributed by atoms with Gasteiger partial charge in [0.2, 0.25) is 0 Å².